The molecule has 0 saturated heterocycles. The minimum Gasteiger partial charge on any atom is -0.278 e. The smallest absolute Gasteiger partial charge is 0.240 e. The maximum atomic E-state index is 10.7. The van der Waals surface area contributed by atoms with Crippen LogP contribution in [0.25, 0.3) is 156 Å². The molecule has 24 rings (SSSR count). The molecule has 0 radical (unpaired) electrons. The lowest BCUT2D eigenvalue weighted by Crippen LogP contribution is -2.74. The van der Waals surface area contributed by atoms with Crippen molar-refractivity contribution in [2.24, 2.45) is 0 Å². The summed E-state index contributed by atoms with van der Waals surface area (Å²) in [5, 5.41) is -0.543. The fourth-order valence-corrected chi connectivity index (χ4v) is 24.3. The van der Waals surface area contributed by atoms with Gasteiger partial charge in [-0.05, 0) is 112 Å². The van der Waals surface area contributed by atoms with Gasteiger partial charge in [0, 0.05) is 54.2 Å². The Morgan fingerprint density at radius 3 is 0.683 bits per heavy atom. The molecule has 0 bridgehead atoms. The van der Waals surface area contributed by atoms with Gasteiger partial charge in [-0.2, -0.15) is 29.9 Å². The first-order valence-corrected chi connectivity index (χ1v) is 43.3. The van der Waals surface area contributed by atoms with Gasteiger partial charge in [-0.3, -0.25) is 18.3 Å². The average molecular weight is 1690 g/mol. The van der Waals surface area contributed by atoms with E-state index in [1.54, 1.807) is 66.8 Å². The number of benzene rings is 18. The molecule has 0 amide bonds. The highest BCUT2D eigenvalue weighted by atomic mass is 28.3. The lowest BCUT2D eigenvalue weighted by molar-refractivity contribution is 0.892. The molecule has 0 spiro atoms. The van der Waals surface area contributed by atoms with Gasteiger partial charge in [0.05, 0.1) is 102 Å². The molecule has 6 aromatic heterocycles. The summed E-state index contributed by atoms with van der Waals surface area (Å²) in [5.74, 6) is -1.35. The van der Waals surface area contributed by atoms with Crippen LogP contribution < -0.4 is 41.5 Å². The quantitative estimate of drug-likeness (QED) is 0.0706. The highest BCUT2D eigenvalue weighted by Crippen LogP contribution is 2.38. The number of hydrogen-bond donors (Lipinski definition) is 0. The van der Waals surface area contributed by atoms with Crippen LogP contribution in [0, 0.1) is 0 Å². The van der Waals surface area contributed by atoms with Crippen LogP contribution in [0.15, 0.2) is 472 Å². The Labute approximate surface area is 789 Å². The predicted octanol–water partition coefficient (Wildman–Crippen LogP) is 21.6. The first kappa shape index (κ1) is 42.9. The Morgan fingerprint density at radius 2 is 0.397 bits per heavy atom. The Kier molecular flexibility index (Phi) is 10.7. The molecule has 0 N–H and O–H groups in total. The van der Waals surface area contributed by atoms with Crippen molar-refractivity contribution in [3.63, 3.8) is 0 Å². The summed E-state index contributed by atoms with van der Waals surface area (Å²) in [6.07, 6.45) is 0. The first-order valence-electron chi connectivity index (χ1n) is 60.3. The van der Waals surface area contributed by atoms with Crippen LogP contribution in [0.4, 0.5) is 0 Å². The summed E-state index contributed by atoms with van der Waals surface area (Å²) >= 11 is 0. The standard InChI is InChI=1S/2C57H39N5Si/c2*1-4-20-40(21-5-1)41-22-18-28-45(38-41)63(43-24-6-2-7-25-43,44-26-8-3-9-27-44)46-29-19-23-42(39-46)55-58-56(61-51-34-14-10-30-47(51)48-31-11-15-35-52(48)61)60-57(59-55)62-53-36-16-12-32-49(53)50-33-13-17-37-54(50)62/h2*1-39H/i1D,2D,3D,4D,5D,6D,7D,8D,9D,18D,19D,20D,21D,22D,23D,24D,25D,26D,27D,28D,29D,38D,39D;1D,2D,3D,4D,5D,6D,7D,8D,9D,19D,20D,21D,23D,24D,25D,26D,27D,29D,39D. The van der Waals surface area contributed by atoms with E-state index in [0.29, 0.717) is 44.1 Å². The van der Waals surface area contributed by atoms with Crippen molar-refractivity contribution in [3.8, 4) is 68.8 Å². The van der Waals surface area contributed by atoms with E-state index < -0.39 is 340 Å². The molecule has 0 aliphatic rings. The third-order valence-corrected chi connectivity index (χ3v) is 30.3. The molecule has 0 unspecified atom stereocenters. The normalized spacial score (nSPS) is 16.5. The highest BCUT2D eigenvalue weighted by Gasteiger charge is 2.44. The fourth-order valence-electron chi connectivity index (χ4n) is 16.8. The van der Waals surface area contributed by atoms with Crippen molar-refractivity contribution in [1.82, 2.24) is 48.2 Å². The van der Waals surface area contributed by atoms with Crippen LogP contribution in [0.1, 0.15) is 57.6 Å². The van der Waals surface area contributed by atoms with Crippen LogP contribution in [0.5, 0.6) is 0 Å². The number of para-hydroxylation sites is 8. The van der Waals surface area contributed by atoms with Gasteiger partial charge in [0.15, 0.2) is 27.8 Å². The Balaban J connectivity index is 0.000000179. The largest absolute Gasteiger partial charge is 0.278 e. The molecule has 6 heterocycles. The second-order valence-corrected chi connectivity index (χ2v) is 35.9. The molecule has 0 fully saturated rings. The summed E-state index contributed by atoms with van der Waals surface area (Å²) in [6, 6.07) is 21.9. The van der Waals surface area contributed by atoms with Crippen molar-refractivity contribution in [3.05, 3.63) is 472 Å². The number of rotatable bonds is 16. The van der Waals surface area contributed by atoms with Gasteiger partial charge in [0.1, 0.15) is 0 Å². The third kappa shape index (κ3) is 12.6. The van der Waals surface area contributed by atoms with E-state index in [0.717, 1.165) is 43.1 Å². The molecule has 24 aromatic rings. The summed E-state index contributed by atoms with van der Waals surface area (Å²) in [7, 11) is -12.3. The van der Waals surface area contributed by atoms with Gasteiger partial charge in [0.25, 0.3) is 0 Å². The fraction of sp³-hybridized carbons (Fsp3) is 0. The topological polar surface area (TPSA) is 97.1 Å². The molecule has 10 nitrogen and oxygen atoms in total. The number of nitrogens with zero attached hydrogens (tertiary/aromatic N) is 10. The molecule has 12 heteroatoms. The average Bonchev–Trinajstić information content (AvgIpc) is 0.689. The summed E-state index contributed by atoms with van der Waals surface area (Å²) in [6.45, 7) is 0. The van der Waals surface area contributed by atoms with E-state index in [4.69, 9.17) is 60.1 Å². The Bertz CT molecular complexity index is 10200. The zero-order chi connectivity index (χ0) is 120. The van der Waals surface area contributed by atoms with E-state index in [1.165, 1.54) is 24.3 Å². The number of hydrogen-bond acceptors (Lipinski definition) is 6. The third-order valence-electron chi connectivity index (χ3n) is 22.1. The minimum absolute atomic E-state index is 0.0350. The molecular weight excluding hydrogens is 1570 g/mol. The van der Waals surface area contributed by atoms with Crippen molar-refractivity contribution in [2.45, 2.75) is 0 Å². The lowest BCUT2D eigenvalue weighted by Gasteiger charge is -2.35. The van der Waals surface area contributed by atoms with Crippen LogP contribution in [0.3, 0.4) is 0 Å². The molecule has 126 heavy (non-hydrogen) atoms. The predicted molar refractivity (Wildman–Crippen MR) is 526 cm³/mol. The molecule has 18 aromatic carbocycles. The van der Waals surface area contributed by atoms with Gasteiger partial charge >= 0.3 is 0 Å². The van der Waals surface area contributed by atoms with E-state index in [9.17, 15) is 27.4 Å². The van der Waals surface area contributed by atoms with Crippen LogP contribution >= 0.6 is 0 Å². The molecule has 592 valence electrons. The summed E-state index contributed by atoms with van der Waals surface area (Å²) in [4.78, 5) is 30.3. The Hall–Kier alpha value is -16.4. The Morgan fingerprint density at radius 1 is 0.175 bits per heavy atom. The number of fused-ring (bicyclic) bond motifs is 12. The lowest BCUT2D eigenvalue weighted by atomic mass is 10.1. The van der Waals surface area contributed by atoms with Gasteiger partial charge in [-0.1, -0.05) is 424 Å². The van der Waals surface area contributed by atoms with E-state index in [-0.39, 0.29) is 40.1 Å². The van der Waals surface area contributed by atoms with Crippen molar-refractivity contribution >= 4 is 145 Å². The van der Waals surface area contributed by atoms with E-state index in [2.05, 4.69) is 0 Å². The molecular formula is C114H78N10Si2. The monoisotopic (exact) mass is 1680 g/mol. The van der Waals surface area contributed by atoms with E-state index >= 15 is 0 Å². The van der Waals surface area contributed by atoms with Crippen molar-refractivity contribution in [2.75, 3.05) is 0 Å². The molecule has 0 atom stereocenters. The van der Waals surface area contributed by atoms with Crippen LogP contribution in [-0.4, -0.2) is 64.3 Å². The summed E-state index contributed by atoms with van der Waals surface area (Å²) < 4.78 is 400. The number of aromatic nitrogens is 10. The molecule has 0 aliphatic carbocycles. The van der Waals surface area contributed by atoms with Gasteiger partial charge < -0.3 is 0 Å². The second kappa shape index (κ2) is 31.6. The maximum absolute atomic E-state index is 10.7. The zero-order valence-corrected chi connectivity index (χ0v) is 67.3. The maximum Gasteiger partial charge on any atom is 0.240 e. The van der Waals surface area contributed by atoms with Crippen LogP contribution in [-0.2, 0) is 0 Å². The summed E-state index contributed by atoms with van der Waals surface area (Å²) in [5.41, 5.74) is 1.10. The van der Waals surface area contributed by atoms with Crippen molar-refractivity contribution in [1.29, 1.82) is 0 Å². The van der Waals surface area contributed by atoms with Crippen molar-refractivity contribution < 1.29 is 57.6 Å². The van der Waals surface area contributed by atoms with Gasteiger partial charge in [0.2, 0.25) is 23.8 Å². The van der Waals surface area contributed by atoms with Crippen LogP contribution in [0.2, 0.25) is 0 Å². The minimum atomic E-state index is -6.50. The van der Waals surface area contributed by atoms with Gasteiger partial charge in [-0.25, -0.2) is 0 Å². The first-order chi connectivity index (χ1) is 80.0. The van der Waals surface area contributed by atoms with E-state index in [1.807, 2.05) is 146 Å². The zero-order valence-electron chi connectivity index (χ0n) is 107. The SMILES string of the molecule is [2H]c1c([2H])c([2H])c(-c2c([2H])c([2H])c([2H])c([Si](c3c([2H])c([2H])c([2H])c([2H])c3[2H])(c3c([2H])c([2H])c([2H])c([2H])c3[2H])c3c([2H])c([2H])c([2H])c(-c4nc(-n5c6ccccc6c6ccccc65)nc(-n5c6ccccc6c6ccccc65)n4)c3[2H])c2[2H])c([2H])c1[2H].[2H]c1c([2H])c([2H])c(-c2cccc([Si](c3c([2H])c([2H])c([2H])c([2H])c3[2H])(c3c([2H])c([2H])c([2H])c([2H])c3[2H])c3c([2H])c([2H])c([2H])c(-c4nc(-n5c6ccccc6c6ccccc65)nc(-n5c6ccccc6c6ccccc65)n4)c3[2H])c2)c([2H])c1[2H]. The second-order valence-electron chi connectivity index (χ2n) is 28.8. The highest BCUT2D eigenvalue weighted by molar-refractivity contribution is 7.20. The molecule has 0 saturated carbocycles. The van der Waals surface area contributed by atoms with Gasteiger partial charge in [-0.15, -0.1) is 0 Å². The molecule has 0 aliphatic heterocycles.